The molecule has 1 aromatic rings. The molecule has 2 unspecified atom stereocenters. The second kappa shape index (κ2) is 5.74. The number of ether oxygens (including phenoxy) is 2. The first kappa shape index (κ1) is 18.0. The van der Waals surface area contributed by atoms with E-state index >= 15 is 0 Å². The second-order valence-corrected chi connectivity index (χ2v) is 8.84. The summed E-state index contributed by atoms with van der Waals surface area (Å²) in [7, 11) is 5.23. The highest BCUT2D eigenvalue weighted by Gasteiger charge is 2.72. The van der Waals surface area contributed by atoms with Gasteiger partial charge in [-0.05, 0) is 36.3 Å². The minimum Gasteiger partial charge on any atom is -0.632 e. The Labute approximate surface area is 165 Å². The van der Waals surface area contributed by atoms with Crippen molar-refractivity contribution in [2.75, 3.05) is 39.3 Å². The van der Waals surface area contributed by atoms with Crippen LogP contribution in [0.5, 0.6) is 5.75 Å². The van der Waals surface area contributed by atoms with Gasteiger partial charge in [0.2, 0.25) is 0 Å². The molecule has 28 heavy (non-hydrogen) atoms. The van der Waals surface area contributed by atoms with E-state index in [4.69, 9.17) is 9.47 Å². The highest BCUT2D eigenvalue weighted by molar-refractivity contribution is 5.80. The van der Waals surface area contributed by atoms with E-state index in [2.05, 4.69) is 30.2 Å². The standard InChI is InChI=1S/C22H28N2O4/c1-5-13-12-24(26)9-8-22-16-10-14(27-3)6-7-17(16)23(2)20(22)18(24)11-15(13)19(22)21(25)28-4/h5-7,10,15,18-20H,8-9,11-12H2,1-4H3/b13-5+/t15-,18-,19+,20?,22-,24?/m0/s1. The van der Waals surface area contributed by atoms with E-state index in [1.807, 2.05) is 13.0 Å². The van der Waals surface area contributed by atoms with E-state index in [0.717, 1.165) is 29.0 Å². The summed E-state index contributed by atoms with van der Waals surface area (Å²) < 4.78 is 10.7. The summed E-state index contributed by atoms with van der Waals surface area (Å²) in [6.45, 7) is 3.04. The van der Waals surface area contributed by atoms with Crippen molar-refractivity contribution < 1.29 is 18.9 Å². The quantitative estimate of drug-likeness (QED) is 0.339. The highest BCUT2D eigenvalue weighted by atomic mass is 16.5. The van der Waals surface area contributed by atoms with E-state index in [1.54, 1.807) is 7.11 Å². The smallest absolute Gasteiger partial charge is 0.310 e. The zero-order chi connectivity index (χ0) is 19.8. The van der Waals surface area contributed by atoms with E-state index in [1.165, 1.54) is 7.11 Å². The predicted molar refractivity (Wildman–Crippen MR) is 106 cm³/mol. The number of fused-ring (bicyclic) bond motifs is 2. The Hall–Kier alpha value is -2.05. The summed E-state index contributed by atoms with van der Waals surface area (Å²) in [6, 6.07) is 6.12. The van der Waals surface area contributed by atoms with Crippen LogP contribution >= 0.6 is 0 Å². The minimum atomic E-state index is -0.403. The summed E-state index contributed by atoms with van der Waals surface area (Å²) in [5.74, 6) is 0.449. The predicted octanol–water partition coefficient (Wildman–Crippen LogP) is 2.61. The number of esters is 1. The Morgan fingerprint density at radius 1 is 1.39 bits per heavy atom. The van der Waals surface area contributed by atoms with Crippen LogP contribution in [0.1, 0.15) is 25.3 Å². The molecule has 1 saturated carbocycles. The lowest BCUT2D eigenvalue weighted by molar-refractivity contribution is -0.916. The molecule has 0 radical (unpaired) electrons. The van der Waals surface area contributed by atoms with Crippen molar-refractivity contribution in [2.45, 2.75) is 37.3 Å². The van der Waals surface area contributed by atoms with Gasteiger partial charge in [0.05, 0.1) is 32.7 Å². The van der Waals surface area contributed by atoms with Crippen LogP contribution in [0.25, 0.3) is 0 Å². The number of allylic oxidation sites excluding steroid dienone is 1. The number of piperidine rings is 2. The third-order valence-corrected chi connectivity index (χ3v) is 8.11. The van der Waals surface area contributed by atoms with Gasteiger partial charge in [-0.2, -0.15) is 0 Å². The Kier molecular flexibility index (Phi) is 3.69. The lowest BCUT2D eigenvalue weighted by atomic mass is 9.50. The number of anilines is 1. The average Bonchev–Trinajstić information content (AvgIpc) is 2.97. The number of hydrogen-bond donors (Lipinski definition) is 0. The number of carbonyl (C=O) groups is 1. The van der Waals surface area contributed by atoms with Crippen molar-refractivity contribution in [1.82, 2.24) is 0 Å². The molecule has 3 bridgehead atoms. The van der Waals surface area contributed by atoms with Crippen molar-refractivity contribution in [3.63, 3.8) is 0 Å². The van der Waals surface area contributed by atoms with Gasteiger partial charge in [0, 0.05) is 36.9 Å². The molecule has 150 valence electrons. The fourth-order valence-corrected chi connectivity index (χ4v) is 7.04. The fraction of sp³-hybridized carbons (Fsp3) is 0.591. The van der Waals surface area contributed by atoms with Crippen molar-refractivity contribution in [1.29, 1.82) is 0 Å². The van der Waals surface area contributed by atoms with E-state index in [-0.39, 0.29) is 34.5 Å². The number of quaternary nitrogens is 1. The molecular weight excluding hydrogens is 356 g/mol. The minimum absolute atomic E-state index is 0.0135. The molecule has 0 N–H and O–H groups in total. The fourth-order valence-electron chi connectivity index (χ4n) is 7.04. The molecule has 1 aromatic carbocycles. The van der Waals surface area contributed by atoms with Gasteiger partial charge in [0.1, 0.15) is 18.3 Å². The topological polar surface area (TPSA) is 61.8 Å². The molecule has 0 aromatic heterocycles. The van der Waals surface area contributed by atoms with Gasteiger partial charge in [-0.1, -0.05) is 6.08 Å². The largest absolute Gasteiger partial charge is 0.632 e. The SMILES string of the molecule is C/C=C1\C[N+]2([O-])CC[C@@]34c5cc(OC)ccc5N(C)C3[C@@H]2C[C@@H]1[C@@H]4C(=O)OC. The number of nitrogens with zero attached hydrogens (tertiary/aromatic N) is 2. The monoisotopic (exact) mass is 384 g/mol. The number of carbonyl (C=O) groups excluding carboxylic acids is 1. The number of likely N-dealkylation sites (N-methyl/N-ethyl adjacent to an activating group) is 1. The molecule has 0 amide bonds. The Balaban J connectivity index is 1.80. The maximum atomic E-state index is 13.9. The molecule has 6 nitrogen and oxygen atoms in total. The van der Waals surface area contributed by atoms with Gasteiger partial charge < -0.3 is 24.2 Å². The molecule has 3 heterocycles. The maximum Gasteiger partial charge on any atom is 0.310 e. The molecular formula is C22H28N2O4. The van der Waals surface area contributed by atoms with Crippen LogP contribution in [-0.4, -0.2) is 57.1 Å². The van der Waals surface area contributed by atoms with Gasteiger partial charge in [0.15, 0.2) is 0 Å². The zero-order valence-corrected chi connectivity index (χ0v) is 17.0. The second-order valence-electron chi connectivity index (χ2n) is 8.84. The zero-order valence-electron chi connectivity index (χ0n) is 17.0. The highest BCUT2D eigenvalue weighted by Crippen LogP contribution is 2.65. The van der Waals surface area contributed by atoms with Gasteiger partial charge in [0.25, 0.3) is 0 Å². The summed E-state index contributed by atoms with van der Waals surface area (Å²) >= 11 is 0. The van der Waals surface area contributed by atoms with Gasteiger partial charge >= 0.3 is 5.97 Å². The summed E-state index contributed by atoms with van der Waals surface area (Å²) in [5.41, 5.74) is 2.98. The van der Waals surface area contributed by atoms with Gasteiger partial charge in [-0.3, -0.25) is 4.79 Å². The van der Waals surface area contributed by atoms with Crippen LogP contribution in [0.3, 0.4) is 0 Å². The van der Waals surface area contributed by atoms with Crippen molar-refractivity contribution >= 4 is 11.7 Å². The van der Waals surface area contributed by atoms with E-state index in [0.29, 0.717) is 19.5 Å². The van der Waals surface area contributed by atoms with E-state index < -0.39 is 5.41 Å². The summed E-state index contributed by atoms with van der Waals surface area (Å²) in [5, 5.41) is 13.9. The summed E-state index contributed by atoms with van der Waals surface area (Å²) in [4.78, 5) is 15.5. The Bertz CT molecular complexity index is 883. The molecule has 3 aliphatic heterocycles. The Morgan fingerprint density at radius 3 is 2.86 bits per heavy atom. The molecule has 6 atom stereocenters. The molecule has 4 aliphatic rings. The summed E-state index contributed by atoms with van der Waals surface area (Å²) in [6.07, 6.45) is 3.52. The maximum absolute atomic E-state index is 13.9. The van der Waals surface area contributed by atoms with E-state index in [9.17, 15) is 10.0 Å². The van der Waals surface area contributed by atoms with Crippen LogP contribution in [-0.2, 0) is 14.9 Å². The molecule has 5 rings (SSSR count). The van der Waals surface area contributed by atoms with Crippen molar-refractivity contribution in [3.05, 3.63) is 40.6 Å². The van der Waals surface area contributed by atoms with Crippen LogP contribution in [0.4, 0.5) is 5.69 Å². The number of hydroxylamine groups is 3. The molecule has 2 saturated heterocycles. The number of methoxy groups -OCH3 is 2. The first-order chi connectivity index (χ1) is 13.4. The molecule has 1 aliphatic carbocycles. The van der Waals surface area contributed by atoms with Crippen LogP contribution < -0.4 is 9.64 Å². The third-order valence-electron chi connectivity index (χ3n) is 8.11. The van der Waals surface area contributed by atoms with Gasteiger partial charge in [-0.15, -0.1) is 0 Å². The number of benzene rings is 1. The first-order valence-electron chi connectivity index (χ1n) is 10.1. The lowest BCUT2D eigenvalue weighted by Gasteiger charge is -2.68. The van der Waals surface area contributed by atoms with Crippen LogP contribution in [0.15, 0.2) is 29.8 Å². The molecule has 3 fully saturated rings. The van der Waals surface area contributed by atoms with Crippen molar-refractivity contribution in [3.8, 4) is 5.75 Å². The Morgan fingerprint density at radius 2 is 2.18 bits per heavy atom. The van der Waals surface area contributed by atoms with Crippen LogP contribution in [0, 0.1) is 17.0 Å². The average molecular weight is 384 g/mol. The molecule has 6 heteroatoms. The normalized spacial score (nSPS) is 41.6. The third kappa shape index (κ3) is 1.93. The molecule has 0 spiro atoms. The first-order valence-corrected chi connectivity index (χ1v) is 10.1. The van der Waals surface area contributed by atoms with Gasteiger partial charge in [-0.25, -0.2) is 0 Å². The van der Waals surface area contributed by atoms with Crippen LogP contribution in [0.2, 0.25) is 0 Å². The van der Waals surface area contributed by atoms with Crippen molar-refractivity contribution in [2.24, 2.45) is 11.8 Å². The number of rotatable bonds is 2. The lowest BCUT2D eigenvalue weighted by Crippen LogP contribution is -2.77. The number of hydrogen-bond acceptors (Lipinski definition) is 5.